The average Bonchev–Trinajstić information content (AvgIpc) is 2.67. The molecule has 110 valence electrons. The molecule has 1 unspecified atom stereocenters. The van der Waals surface area contributed by atoms with Crippen molar-refractivity contribution in [1.29, 1.82) is 0 Å². The summed E-state index contributed by atoms with van der Waals surface area (Å²) < 4.78 is 6.83. The minimum Gasteiger partial charge on any atom is -0.493 e. The molecule has 1 heterocycles. The first-order chi connectivity index (χ1) is 10.1. The third kappa shape index (κ3) is 3.19. The second kappa shape index (κ2) is 6.29. The molecule has 1 aliphatic rings. The van der Waals surface area contributed by atoms with E-state index in [9.17, 15) is 0 Å². The number of aryl methyl sites for hydroxylation is 1. The van der Waals surface area contributed by atoms with Crippen molar-refractivity contribution in [2.24, 2.45) is 0 Å². The zero-order chi connectivity index (χ0) is 14.8. The van der Waals surface area contributed by atoms with Gasteiger partial charge in [-0.25, -0.2) is 0 Å². The molecule has 2 nitrogen and oxygen atoms in total. The molecule has 2 aromatic rings. The summed E-state index contributed by atoms with van der Waals surface area (Å²) in [6.07, 6.45) is 2.09. The van der Waals surface area contributed by atoms with Gasteiger partial charge < -0.3 is 10.1 Å². The molecule has 0 saturated heterocycles. The first-order valence-electron chi connectivity index (χ1n) is 7.09. The molecule has 0 saturated carbocycles. The Labute approximate surface area is 138 Å². The van der Waals surface area contributed by atoms with Crippen LogP contribution in [0.4, 0.5) is 5.69 Å². The Morgan fingerprint density at radius 3 is 2.95 bits per heavy atom. The van der Waals surface area contributed by atoms with Crippen molar-refractivity contribution in [1.82, 2.24) is 0 Å². The molecule has 1 N–H and O–H groups in total. The third-order valence-corrected chi connectivity index (χ3v) is 4.98. The second-order valence-corrected chi connectivity index (χ2v) is 6.57. The number of halogens is 2. The highest BCUT2D eigenvalue weighted by molar-refractivity contribution is 9.10. The standard InChI is InChI=1S/C17H17BrClNO/c1-11-4-2-5-13-16(6-3-9-21-17(11)13)20-12-7-8-15(19)14(18)10-12/h2,4-5,7-8,10,16,20H,3,6,9H2,1H3. The number of nitrogens with one attached hydrogen (secondary N) is 1. The van der Waals surface area contributed by atoms with Crippen LogP contribution in [0, 0.1) is 6.92 Å². The smallest absolute Gasteiger partial charge is 0.127 e. The van der Waals surface area contributed by atoms with Crippen molar-refractivity contribution in [2.45, 2.75) is 25.8 Å². The molecule has 3 rings (SSSR count). The number of rotatable bonds is 2. The van der Waals surface area contributed by atoms with Crippen LogP contribution in [0.3, 0.4) is 0 Å². The lowest BCUT2D eigenvalue weighted by molar-refractivity contribution is 0.314. The average molecular weight is 367 g/mol. The third-order valence-electron chi connectivity index (χ3n) is 3.76. The molecule has 0 spiro atoms. The molecule has 0 radical (unpaired) electrons. The molecule has 0 aliphatic carbocycles. The number of anilines is 1. The van der Waals surface area contributed by atoms with Gasteiger partial charge in [-0.3, -0.25) is 0 Å². The lowest BCUT2D eigenvalue weighted by Crippen LogP contribution is -2.10. The Balaban J connectivity index is 1.92. The molecule has 0 aromatic heterocycles. The van der Waals surface area contributed by atoms with E-state index >= 15 is 0 Å². The van der Waals surface area contributed by atoms with Crippen LogP contribution in [-0.4, -0.2) is 6.61 Å². The molecule has 0 bridgehead atoms. The monoisotopic (exact) mass is 365 g/mol. The predicted octanol–water partition coefficient (Wildman–Crippen LogP) is 5.74. The summed E-state index contributed by atoms with van der Waals surface area (Å²) in [5.74, 6) is 1.03. The van der Waals surface area contributed by atoms with Crippen LogP contribution >= 0.6 is 27.5 Å². The minimum atomic E-state index is 0.260. The van der Waals surface area contributed by atoms with Crippen molar-refractivity contribution < 1.29 is 4.74 Å². The summed E-state index contributed by atoms with van der Waals surface area (Å²) in [6.45, 7) is 2.88. The van der Waals surface area contributed by atoms with E-state index in [-0.39, 0.29) is 6.04 Å². The van der Waals surface area contributed by atoms with Gasteiger partial charge in [0, 0.05) is 15.7 Å². The maximum absolute atomic E-state index is 6.06. The van der Waals surface area contributed by atoms with Gasteiger partial charge in [-0.1, -0.05) is 29.8 Å². The molecule has 1 aliphatic heterocycles. The van der Waals surface area contributed by atoms with Gasteiger partial charge in [-0.15, -0.1) is 0 Å². The van der Waals surface area contributed by atoms with Gasteiger partial charge in [0.25, 0.3) is 0 Å². The van der Waals surface area contributed by atoms with E-state index in [0.717, 1.165) is 40.4 Å². The first-order valence-corrected chi connectivity index (χ1v) is 8.26. The molecule has 2 aromatic carbocycles. The van der Waals surface area contributed by atoms with E-state index in [1.807, 2.05) is 18.2 Å². The summed E-state index contributed by atoms with van der Waals surface area (Å²) in [5.41, 5.74) is 3.49. The van der Waals surface area contributed by atoms with Gasteiger partial charge in [0.2, 0.25) is 0 Å². The highest BCUT2D eigenvalue weighted by atomic mass is 79.9. The number of ether oxygens (including phenoxy) is 1. The quantitative estimate of drug-likeness (QED) is 0.732. The van der Waals surface area contributed by atoms with E-state index < -0.39 is 0 Å². The fourth-order valence-corrected chi connectivity index (χ4v) is 3.20. The Bertz CT molecular complexity index is 659. The Morgan fingerprint density at radius 2 is 2.14 bits per heavy atom. The number of para-hydroxylation sites is 1. The number of hydrogen-bond acceptors (Lipinski definition) is 2. The van der Waals surface area contributed by atoms with E-state index in [2.05, 4.69) is 46.4 Å². The summed E-state index contributed by atoms with van der Waals surface area (Å²) in [5, 5.41) is 4.33. The van der Waals surface area contributed by atoms with Gasteiger partial charge in [-0.05, 0) is 59.5 Å². The largest absolute Gasteiger partial charge is 0.493 e. The molecular weight excluding hydrogens is 350 g/mol. The Morgan fingerprint density at radius 1 is 1.29 bits per heavy atom. The highest BCUT2D eigenvalue weighted by Crippen LogP contribution is 2.36. The fraction of sp³-hybridized carbons (Fsp3) is 0.294. The van der Waals surface area contributed by atoms with Crippen LogP contribution in [0.15, 0.2) is 40.9 Å². The fourth-order valence-electron chi connectivity index (χ4n) is 2.70. The molecule has 1 atom stereocenters. The van der Waals surface area contributed by atoms with Crippen LogP contribution in [0.5, 0.6) is 5.75 Å². The maximum Gasteiger partial charge on any atom is 0.127 e. The van der Waals surface area contributed by atoms with Gasteiger partial charge in [-0.2, -0.15) is 0 Å². The number of hydrogen-bond donors (Lipinski definition) is 1. The van der Waals surface area contributed by atoms with Crippen molar-refractivity contribution in [2.75, 3.05) is 11.9 Å². The van der Waals surface area contributed by atoms with Crippen LogP contribution in [0.1, 0.15) is 30.0 Å². The maximum atomic E-state index is 6.06. The minimum absolute atomic E-state index is 0.260. The lowest BCUT2D eigenvalue weighted by Gasteiger charge is -2.20. The number of benzene rings is 2. The van der Waals surface area contributed by atoms with Gasteiger partial charge in [0.15, 0.2) is 0 Å². The second-order valence-electron chi connectivity index (χ2n) is 5.31. The van der Waals surface area contributed by atoms with Crippen LogP contribution in [0.2, 0.25) is 5.02 Å². The van der Waals surface area contributed by atoms with Crippen molar-refractivity contribution >= 4 is 33.2 Å². The highest BCUT2D eigenvalue weighted by Gasteiger charge is 2.21. The molecule has 4 heteroatoms. The molecular formula is C17H17BrClNO. The van der Waals surface area contributed by atoms with Crippen LogP contribution in [-0.2, 0) is 0 Å². The van der Waals surface area contributed by atoms with E-state index in [1.54, 1.807) is 0 Å². The zero-order valence-corrected chi connectivity index (χ0v) is 14.2. The van der Waals surface area contributed by atoms with Crippen LogP contribution < -0.4 is 10.1 Å². The predicted molar refractivity (Wildman–Crippen MR) is 91.4 cm³/mol. The first kappa shape index (κ1) is 14.7. The van der Waals surface area contributed by atoms with Gasteiger partial charge in [0.1, 0.15) is 5.75 Å². The molecule has 21 heavy (non-hydrogen) atoms. The number of fused-ring (bicyclic) bond motifs is 1. The lowest BCUT2D eigenvalue weighted by atomic mass is 9.99. The summed E-state index contributed by atoms with van der Waals surface area (Å²) >= 11 is 9.53. The van der Waals surface area contributed by atoms with E-state index in [0.29, 0.717) is 0 Å². The SMILES string of the molecule is Cc1cccc2c1OCCCC2Nc1ccc(Cl)c(Br)c1. The van der Waals surface area contributed by atoms with Crippen molar-refractivity contribution in [3.8, 4) is 5.75 Å². The summed E-state index contributed by atoms with van der Waals surface area (Å²) in [4.78, 5) is 0. The summed E-state index contributed by atoms with van der Waals surface area (Å²) in [6, 6.07) is 12.5. The molecule has 0 amide bonds. The summed E-state index contributed by atoms with van der Waals surface area (Å²) in [7, 11) is 0. The zero-order valence-electron chi connectivity index (χ0n) is 11.8. The Kier molecular flexibility index (Phi) is 4.41. The van der Waals surface area contributed by atoms with E-state index in [1.165, 1.54) is 11.1 Å². The van der Waals surface area contributed by atoms with Gasteiger partial charge in [0.05, 0.1) is 17.7 Å². The van der Waals surface area contributed by atoms with E-state index in [4.69, 9.17) is 16.3 Å². The Hall–Kier alpha value is -1.19. The normalized spacial score (nSPS) is 17.6. The van der Waals surface area contributed by atoms with Gasteiger partial charge >= 0.3 is 0 Å². The topological polar surface area (TPSA) is 21.3 Å². The van der Waals surface area contributed by atoms with Crippen molar-refractivity contribution in [3.63, 3.8) is 0 Å². The molecule has 0 fully saturated rings. The van der Waals surface area contributed by atoms with Crippen molar-refractivity contribution in [3.05, 3.63) is 57.0 Å². The van der Waals surface area contributed by atoms with Crippen LogP contribution in [0.25, 0.3) is 0 Å².